The lowest BCUT2D eigenvalue weighted by Crippen LogP contribution is -2.36. The van der Waals surface area contributed by atoms with Crippen molar-refractivity contribution in [2.75, 3.05) is 31.6 Å². The van der Waals surface area contributed by atoms with Gasteiger partial charge in [-0.05, 0) is 68.5 Å². The Hall–Kier alpha value is -2.86. The van der Waals surface area contributed by atoms with Gasteiger partial charge in [-0.25, -0.2) is 0 Å². The molecule has 1 fully saturated rings. The summed E-state index contributed by atoms with van der Waals surface area (Å²) in [6.45, 7) is 6.07. The fraction of sp³-hybridized carbons (Fsp3) is 0.462. The zero-order valence-corrected chi connectivity index (χ0v) is 18.8. The van der Waals surface area contributed by atoms with Crippen molar-refractivity contribution in [3.63, 3.8) is 0 Å². The summed E-state index contributed by atoms with van der Waals surface area (Å²) in [4.78, 5) is 27.5. The smallest absolute Gasteiger partial charge is 0.231 e. The Bertz CT molecular complexity index is 923. The molecule has 0 aliphatic carbocycles. The molecule has 2 aromatic carbocycles. The van der Waals surface area contributed by atoms with Gasteiger partial charge < -0.3 is 15.4 Å². The number of fused-ring (bicyclic) bond motifs is 1. The van der Waals surface area contributed by atoms with E-state index in [0.29, 0.717) is 23.9 Å². The first-order valence-electron chi connectivity index (χ1n) is 11.6. The van der Waals surface area contributed by atoms with Gasteiger partial charge in [0.05, 0.1) is 11.6 Å². The second-order valence-electron chi connectivity index (χ2n) is 9.04. The summed E-state index contributed by atoms with van der Waals surface area (Å²) < 4.78 is 5.77. The number of nitrogens with zero attached hydrogens (tertiary/aromatic N) is 1. The van der Waals surface area contributed by atoms with Crippen molar-refractivity contribution >= 4 is 17.5 Å². The molecule has 1 unspecified atom stereocenters. The maximum atomic E-state index is 12.5. The summed E-state index contributed by atoms with van der Waals surface area (Å²) in [6, 6.07) is 16.3. The van der Waals surface area contributed by atoms with E-state index in [2.05, 4.69) is 45.9 Å². The quantitative estimate of drug-likeness (QED) is 0.695. The van der Waals surface area contributed by atoms with Crippen LogP contribution in [-0.4, -0.2) is 43.0 Å². The van der Waals surface area contributed by atoms with Crippen molar-refractivity contribution in [2.24, 2.45) is 11.8 Å². The average Bonchev–Trinajstić information content (AvgIpc) is 2.94. The number of hydrogen-bond donors (Lipinski definition) is 2. The van der Waals surface area contributed by atoms with Gasteiger partial charge in [0.1, 0.15) is 12.4 Å². The highest BCUT2D eigenvalue weighted by Gasteiger charge is 2.27. The number of carbonyl (C=O) groups is 2. The number of amides is 2. The Labute approximate surface area is 190 Å². The average molecular weight is 436 g/mol. The van der Waals surface area contributed by atoms with Crippen LogP contribution in [0.3, 0.4) is 0 Å². The predicted molar refractivity (Wildman–Crippen MR) is 125 cm³/mol. The SMILES string of the molecule is Cc1ccc2c(c1)NC(=O)C(CC(=O)NCCC1CCN(Cc3ccccc3)CC1)CO2. The summed E-state index contributed by atoms with van der Waals surface area (Å²) >= 11 is 0. The van der Waals surface area contributed by atoms with E-state index in [1.54, 1.807) is 0 Å². The number of hydrogen-bond acceptors (Lipinski definition) is 4. The van der Waals surface area contributed by atoms with E-state index >= 15 is 0 Å². The number of ether oxygens (including phenoxy) is 1. The molecule has 2 amide bonds. The maximum Gasteiger partial charge on any atom is 0.231 e. The van der Waals surface area contributed by atoms with Crippen molar-refractivity contribution in [2.45, 2.75) is 39.2 Å². The van der Waals surface area contributed by atoms with Crippen LogP contribution < -0.4 is 15.4 Å². The summed E-state index contributed by atoms with van der Waals surface area (Å²) in [5, 5.41) is 5.91. The molecule has 1 atom stereocenters. The lowest BCUT2D eigenvalue weighted by Gasteiger charge is -2.32. The third-order valence-corrected chi connectivity index (χ3v) is 6.47. The van der Waals surface area contributed by atoms with Crippen LogP contribution in [0.2, 0.25) is 0 Å². The molecule has 4 rings (SSSR count). The third-order valence-electron chi connectivity index (χ3n) is 6.47. The lowest BCUT2D eigenvalue weighted by atomic mass is 9.93. The van der Waals surface area contributed by atoms with Gasteiger partial charge in [0.2, 0.25) is 11.8 Å². The molecular formula is C26H33N3O3. The maximum absolute atomic E-state index is 12.5. The van der Waals surface area contributed by atoms with Gasteiger partial charge in [0.15, 0.2) is 0 Å². The van der Waals surface area contributed by atoms with Gasteiger partial charge in [-0.2, -0.15) is 0 Å². The minimum absolute atomic E-state index is 0.0857. The topological polar surface area (TPSA) is 70.7 Å². The monoisotopic (exact) mass is 435 g/mol. The molecular weight excluding hydrogens is 402 g/mol. The van der Waals surface area contributed by atoms with Crippen LogP contribution in [0.4, 0.5) is 5.69 Å². The van der Waals surface area contributed by atoms with Gasteiger partial charge >= 0.3 is 0 Å². The number of likely N-dealkylation sites (tertiary alicyclic amines) is 1. The van der Waals surface area contributed by atoms with E-state index in [9.17, 15) is 9.59 Å². The van der Waals surface area contributed by atoms with E-state index in [4.69, 9.17) is 4.74 Å². The van der Waals surface area contributed by atoms with Crippen molar-refractivity contribution in [3.8, 4) is 5.75 Å². The van der Waals surface area contributed by atoms with Gasteiger partial charge in [-0.15, -0.1) is 0 Å². The standard InChI is InChI=1S/C26H33N3O3/c1-19-7-8-24-23(15-19)28-26(31)22(18-32-24)16-25(30)27-12-9-20-10-13-29(14-11-20)17-21-5-3-2-4-6-21/h2-8,15,20,22H,9-14,16-18H2,1H3,(H,27,30)(H,28,31). The fourth-order valence-corrected chi connectivity index (χ4v) is 4.51. The van der Waals surface area contributed by atoms with Crippen LogP contribution in [0, 0.1) is 18.8 Å². The van der Waals surface area contributed by atoms with Crippen molar-refractivity contribution in [1.29, 1.82) is 0 Å². The van der Waals surface area contributed by atoms with E-state index in [1.807, 2.05) is 25.1 Å². The molecule has 32 heavy (non-hydrogen) atoms. The van der Waals surface area contributed by atoms with Crippen molar-refractivity contribution < 1.29 is 14.3 Å². The van der Waals surface area contributed by atoms with E-state index in [-0.39, 0.29) is 24.8 Å². The van der Waals surface area contributed by atoms with Gasteiger partial charge in [0.25, 0.3) is 0 Å². The number of carbonyl (C=O) groups excluding carboxylic acids is 2. The van der Waals surface area contributed by atoms with Crippen LogP contribution in [0.1, 0.15) is 36.8 Å². The molecule has 2 aliphatic rings. The minimum atomic E-state index is -0.482. The summed E-state index contributed by atoms with van der Waals surface area (Å²) in [7, 11) is 0. The molecule has 0 bridgehead atoms. The molecule has 2 aliphatic heterocycles. The van der Waals surface area contributed by atoms with Crippen LogP contribution in [0.15, 0.2) is 48.5 Å². The Balaban J connectivity index is 1.15. The molecule has 2 heterocycles. The molecule has 0 radical (unpaired) electrons. The first kappa shape index (κ1) is 22.3. The molecule has 2 aromatic rings. The molecule has 6 heteroatoms. The number of rotatable bonds is 7. The lowest BCUT2D eigenvalue weighted by molar-refractivity contribution is -0.128. The molecule has 0 saturated carbocycles. The van der Waals surface area contributed by atoms with Crippen LogP contribution in [0.5, 0.6) is 5.75 Å². The molecule has 1 saturated heterocycles. The van der Waals surface area contributed by atoms with Crippen LogP contribution in [-0.2, 0) is 16.1 Å². The first-order valence-corrected chi connectivity index (χ1v) is 11.6. The van der Waals surface area contributed by atoms with Gasteiger partial charge in [0, 0.05) is 19.5 Å². The molecule has 0 spiro atoms. The highest BCUT2D eigenvalue weighted by atomic mass is 16.5. The number of piperidine rings is 1. The molecule has 0 aromatic heterocycles. The molecule has 6 nitrogen and oxygen atoms in total. The number of benzene rings is 2. The highest BCUT2D eigenvalue weighted by Crippen LogP contribution is 2.29. The summed E-state index contributed by atoms with van der Waals surface area (Å²) in [6.07, 6.45) is 3.47. The molecule has 2 N–H and O–H groups in total. The second kappa shape index (κ2) is 10.6. The zero-order valence-electron chi connectivity index (χ0n) is 18.8. The first-order chi connectivity index (χ1) is 15.6. The number of aryl methyl sites for hydroxylation is 1. The van der Waals surface area contributed by atoms with E-state index in [0.717, 1.165) is 31.6 Å². The number of anilines is 1. The Morgan fingerprint density at radius 1 is 1.16 bits per heavy atom. The zero-order chi connectivity index (χ0) is 22.3. The minimum Gasteiger partial charge on any atom is -0.491 e. The summed E-state index contributed by atoms with van der Waals surface area (Å²) in [5.74, 6) is 0.576. The Kier molecular flexibility index (Phi) is 7.43. The third kappa shape index (κ3) is 6.10. The van der Waals surface area contributed by atoms with Crippen LogP contribution in [0.25, 0.3) is 0 Å². The largest absolute Gasteiger partial charge is 0.491 e. The number of nitrogens with one attached hydrogen (secondary N) is 2. The Morgan fingerprint density at radius 2 is 1.94 bits per heavy atom. The second-order valence-corrected chi connectivity index (χ2v) is 9.04. The van der Waals surface area contributed by atoms with Crippen molar-refractivity contribution in [1.82, 2.24) is 10.2 Å². The molecule has 170 valence electrons. The fourth-order valence-electron chi connectivity index (χ4n) is 4.51. The Morgan fingerprint density at radius 3 is 2.72 bits per heavy atom. The van der Waals surface area contributed by atoms with Crippen molar-refractivity contribution in [3.05, 3.63) is 59.7 Å². The van der Waals surface area contributed by atoms with Gasteiger partial charge in [-0.3, -0.25) is 14.5 Å². The van der Waals surface area contributed by atoms with E-state index < -0.39 is 5.92 Å². The normalized spacial score (nSPS) is 19.4. The predicted octanol–water partition coefficient (Wildman–Crippen LogP) is 3.75. The summed E-state index contributed by atoms with van der Waals surface area (Å²) in [5.41, 5.74) is 3.09. The highest BCUT2D eigenvalue weighted by molar-refractivity contribution is 5.97. The van der Waals surface area contributed by atoms with E-state index in [1.165, 1.54) is 18.4 Å². The van der Waals surface area contributed by atoms with Crippen LogP contribution >= 0.6 is 0 Å². The van der Waals surface area contributed by atoms with Gasteiger partial charge in [-0.1, -0.05) is 36.4 Å².